The van der Waals surface area contributed by atoms with E-state index < -0.39 is 0 Å². The second kappa shape index (κ2) is 5.52. The summed E-state index contributed by atoms with van der Waals surface area (Å²) < 4.78 is 5.34. The molecule has 0 spiro atoms. The second-order valence-corrected chi connectivity index (χ2v) is 4.44. The number of carbonyl (C=O) groups excluding carboxylic acids is 1. The summed E-state index contributed by atoms with van der Waals surface area (Å²) in [4.78, 5) is 12.0. The molecule has 0 radical (unpaired) electrons. The lowest BCUT2D eigenvalue weighted by molar-refractivity contribution is 0.0981. The number of hydrogen-bond donors (Lipinski definition) is 1. The molecule has 1 rings (SSSR count). The molecule has 4 heteroatoms. The van der Waals surface area contributed by atoms with Crippen LogP contribution in [-0.4, -0.2) is 19.4 Å². The van der Waals surface area contributed by atoms with Crippen LogP contribution in [0.15, 0.2) is 0 Å². The van der Waals surface area contributed by atoms with Crippen molar-refractivity contribution in [2.45, 2.75) is 27.2 Å². The zero-order valence-corrected chi connectivity index (χ0v) is 11.4. The Labute approximate surface area is 107 Å². The van der Waals surface area contributed by atoms with E-state index in [2.05, 4.69) is 0 Å². The van der Waals surface area contributed by atoms with E-state index >= 15 is 0 Å². The number of Topliss-reactive ketones (excluding diaryl/α,β-unsaturated/α-hetero) is 1. The molecule has 0 aromatic heterocycles. The summed E-state index contributed by atoms with van der Waals surface area (Å²) in [5.41, 5.74) is 8.60. The molecule has 94 valence electrons. The van der Waals surface area contributed by atoms with E-state index in [1.165, 1.54) is 0 Å². The normalized spacial score (nSPS) is 10.5. The maximum Gasteiger partial charge on any atom is 0.168 e. The minimum Gasteiger partial charge on any atom is -0.496 e. The first-order valence-corrected chi connectivity index (χ1v) is 5.90. The van der Waals surface area contributed by atoms with Crippen LogP contribution < -0.4 is 10.5 Å². The summed E-state index contributed by atoms with van der Waals surface area (Å²) >= 11 is 6.22. The molecule has 0 amide bonds. The van der Waals surface area contributed by atoms with E-state index in [0.717, 1.165) is 16.7 Å². The molecule has 0 aliphatic rings. The molecule has 3 nitrogen and oxygen atoms in total. The smallest absolute Gasteiger partial charge is 0.168 e. The SMILES string of the molecule is COc1c(C)c(C)c(Cl)c(C)c1C(=O)CCN. The molecule has 0 saturated carbocycles. The number of ether oxygens (including phenoxy) is 1. The third-order valence-electron chi connectivity index (χ3n) is 3.02. The van der Waals surface area contributed by atoms with Gasteiger partial charge in [0, 0.05) is 11.4 Å². The van der Waals surface area contributed by atoms with Gasteiger partial charge in [0.15, 0.2) is 5.78 Å². The predicted molar refractivity (Wildman–Crippen MR) is 70.2 cm³/mol. The van der Waals surface area contributed by atoms with Gasteiger partial charge in [0.2, 0.25) is 0 Å². The maximum atomic E-state index is 12.0. The highest BCUT2D eigenvalue weighted by molar-refractivity contribution is 6.33. The fourth-order valence-corrected chi connectivity index (χ4v) is 2.17. The lowest BCUT2D eigenvalue weighted by Crippen LogP contribution is -2.12. The molecular formula is C13H18ClNO2. The first kappa shape index (κ1) is 14.0. The number of ketones is 1. The first-order chi connectivity index (χ1) is 7.95. The topological polar surface area (TPSA) is 52.3 Å². The molecule has 0 heterocycles. The summed E-state index contributed by atoms with van der Waals surface area (Å²) in [7, 11) is 1.56. The Morgan fingerprint density at radius 2 is 1.82 bits per heavy atom. The van der Waals surface area contributed by atoms with Crippen LogP contribution in [0.4, 0.5) is 0 Å². The van der Waals surface area contributed by atoms with Crippen molar-refractivity contribution in [3.05, 3.63) is 27.3 Å². The van der Waals surface area contributed by atoms with Gasteiger partial charge < -0.3 is 10.5 Å². The van der Waals surface area contributed by atoms with Crippen LogP contribution >= 0.6 is 11.6 Å². The average molecular weight is 256 g/mol. The van der Waals surface area contributed by atoms with E-state index in [9.17, 15) is 4.79 Å². The van der Waals surface area contributed by atoms with Crippen LogP contribution in [0.1, 0.15) is 33.5 Å². The molecule has 2 N–H and O–H groups in total. The molecule has 0 bridgehead atoms. The Hall–Kier alpha value is -1.06. The van der Waals surface area contributed by atoms with Gasteiger partial charge in [-0.1, -0.05) is 11.6 Å². The Morgan fingerprint density at radius 1 is 1.24 bits per heavy atom. The number of hydrogen-bond acceptors (Lipinski definition) is 3. The van der Waals surface area contributed by atoms with Crippen molar-refractivity contribution in [2.24, 2.45) is 5.73 Å². The van der Waals surface area contributed by atoms with Gasteiger partial charge in [-0.15, -0.1) is 0 Å². The minimum absolute atomic E-state index is 0.0214. The molecule has 0 aliphatic heterocycles. The molecule has 0 aliphatic carbocycles. The Bertz CT molecular complexity index is 455. The minimum atomic E-state index is -0.0214. The van der Waals surface area contributed by atoms with Gasteiger partial charge in [-0.25, -0.2) is 0 Å². The Balaban J connectivity index is 3.52. The largest absolute Gasteiger partial charge is 0.496 e. The predicted octanol–water partition coefficient (Wildman–Crippen LogP) is 2.81. The van der Waals surface area contributed by atoms with Crippen molar-refractivity contribution in [1.82, 2.24) is 0 Å². The van der Waals surface area contributed by atoms with Crippen LogP contribution in [-0.2, 0) is 0 Å². The molecule has 17 heavy (non-hydrogen) atoms. The van der Waals surface area contributed by atoms with E-state index in [0.29, 0.717) is 29.3 Å². The molecule has 1 aromatic carbocycles. The van der Waals surface area contributed by atoms with E-state index in [-0.39, 0.29) is 5.78 Å². The number of benzene rings is 1. The third-order valence-corrected chi connectivity index (χ3v) is 3.58. The molecule has 0 atom stereocenters. The van der Waals surface area contributed by atoms with Crippen LogP contribution in [0, 0.1) is 20.8 Å². The van der Waals surface area contributed by atoms with Crippen molar-refractivity contribution < 1.29 is 9.53 Å². The third kappa shape index (κ3) is 2.45. The Kier molecular flexibility index (Phi) is 4.54. The van der Waals surface area contributed by atoms with Crippen LogP contribution in [0.5, 0.6) is 5.75 Å². The first-order valence-electron chi connectivity index (χ1n) is 5.52. The van der Waals surface area contributed by atoms with Gasteiger partial charge in [0.05, 0.1) is 12.7 Å². The van der Waals surface area contributed by atoms with Crippen LogP contribution in [0.25, 0.3) is 0 Å². The molecule has 0 saturated heterocycles. The summed E-state index contributed by atoms with van der Waals surface area (Å²) in [6, 6.07) is 0. The highest BCUT2D eigenvalue weighted by Gasteiger charge is 2.21. The average Bonchev–Trinajstić information content (AvgIpc) is 2.31. The van der Waals surface area contributed by atoms with Crippen LogP contribution in [0.3, 0.4) is 0 Å². The van der Waals surface area contributed by atoms with Crippen molar-refractivity contribution >= 4 is 17.4 Å². The van der Waals surface area contributed by atoms with Crippen molar-refractivity contribution in [2.75, 3.05) is 13.7 Å². The number of nitrogens with two attached hydrogens (primary N) is 1. The fraction of sp³-hybridized carbons (Fsp3) is 0.462. The lowest BCUT2D eigenvalue weighted by atomic mass is 9.95. The van der Waals surface area contributed by atoms with Gasteiger partial charge in [-0.05, 0) is 44.0 Å². The van der Waals surface area contributed by atoms with Crippen molar-refractivity contribution in [1.29, 1.82) is 0 Å². The monoisotopic (exact) mass is 255 g/mol. The van der Waals surface area contributed by atoms with Crippen molar-refractivity contribution in [3.8, 4) is 5.75 Å². The van der Waals surface area contributed by atoms with Gasteiger partial charge in [-0.3, -0.25) is 4.79 Å². The number of halogens is 1. The highest BCUT2D eigenvalue weighted by Crippen LogP contribution is 2.36. The summed E-state index contributed by atoms with van der Waals surface area (Å²) in [5, 5.41) is 0.628. The quantitative estimate of drug-likeness (QED) is 0.842. The van der Waals surface area contributed by atoms with Gasteiger partial charge in [0.1, 0.15) is 5.75 Å². The fourth-order valence-electron chi connectivity index (χ4n) is 1.93. The summed E-state index contributed by atoms with van der Waals surface area (Å²) in [6.07, 6.45) is 0.302. The zero-order chi connectivity index (χ0) is 13.2. The van der Waals surface area contributed by atoms with E-state index in [1.54, 1.807) is 7.11 Å². The van der Waals surface area contributed by atoms with E-state index in [1.807, 2.05) is 20.8 Å². The zero-order valence-electron chi connectivity index (χ0n) is 10.7. The number of methoxy groups -OCH3 is 1. The van der Waals surface area contributed by atoms with E-state index in [4.69, 9.17) is 22.1 Å². The number of rotatable bonds is 4. The molecule has 0 fully saturated rings. The highest BCUT2D eigenvalue weighted by atomic mass is 35.5. The standard InChI is InChI=1S/C13H18ClNO2/c1-7-8(2)13(17-4)11(9(3)12(7)14)10(16)5-6-15/h5-6,15H2,1-4H3. The lowest BCUT2D eigenvalue weighted by Gasteiger charge is -2.17. The molecule has 0 unspecified atom stereocenters. The van der Waals surface area contributed by atoms with Gasteiger partial charge in [0.25, 0.3) is 0 Å². The Morgan fingerprint density at radius 3 is 2.29 bits per heavy atom. The molecule has 1 aromatic rings. The van der Waals surface area contributed by atoms with Gasteiger partial charge in [-0.2, -0.15) is 0 Å². The summed E-state index contributed by atoms with van der Waals surface area (Å²) in [6.45, 7) is 5.98. The summed E-state index contributed by atoms with van der Waals surface area (Å²) in [5.74, 6) is 0.592. The second-order valence-electron chi connectivity index (χ2n) is 4.06. The van der Waals surface area contributed by atoms with Crippen LogP contribution in [0.2, 0.25) is 5.02 Å². The molecular weight excluding hydrogens is 238 g/mol. The van der Waals surface area contributed by atoms with Gasteiger partial charge >= 0.3 is 0 Å². The van der Waals surface area contributed by atoms with Crippen molar-refractivity contribution in [3.63, 3.8) is 0 Å². The number of carbonyl (C=O) groups is 1. The maximum absolute atomic E-state index is 12.0.